The van der Waals surface area contributed by atoms with E-state index in [0.717, 1.165) is 12.2 Å². The topological polar surface area (TPSA) is 54.7 Å². The van der Waals surface area contributed by atoms with Gasteiger partial charge in [-0.05, 0) is 32.9 Å². The smallest absolute Gasteiger partial charge is 0.410 e. The number of amides is 1. The highest BCUT2D eigenvalue weighted by molar-refractivity contribution is 5.69. The van der Waals surface area contributed by atoms with Crippen LogP contribution in [0.1, 0.15) is 32.5 Å². The molecule has 5 heteroatoms. The predicted molar refractivity (Wildman–Crippen MR) is 67.2 cm³/mol. The summed E-state index contributed by atoms with van der Waals surface area (Å²) in [5.41, 5.74) is 0.436. The van der Waals surface area contributed by atoms with Crippen molar-refractivity contribution in [2.24, 2.45) is 0 Å². The molecule has 1 atom stereocenters. The first kappa shape index (κ1) is 13.0. The number of carbonyl (C=O) groups is 1. The van der Waals surface area contributed by atoms with Gasteiger partial charge in [-0.3, -0.25) is 4.90 Å². The highest BCUT2D eigenvalue weighted by atomic mass is 16.6. The van der Waals surface area contributed by atoms with E-state index in [2.05, 4.69) is 4.57 Å². The highest BCUT2D eigenvalue weighted by Crippen LogP contribution is 2.27. The summed E-state index contributed by atoms with van der Waals surface area (Å²) in [4.78, 5) is 13.7. The molecular weight excluding hydrogens is 232 g/mol. The number of hydrogen-bond acceptors (Lipinski definition) is 3. The van der Waals surface area contributed by atoms with Gasteiger partial charge in [0.2, 0.25) is 0 Å². The number of nitrogens with zero attached hydrogens (tertiary/aromatic N) is 2. The molecule has 1 N–H and O–H groups in total. The van der Waals surface area contributed by atoms with Gasteiger partial charge in [-0.1, -0.05) is 0 Å². The van der Waals surface area contributed by atoms with Gasteiger partial charge < -0.3 is 14.4 Å². The van der Waals surface area contributed by atoms with Crippen LogP contribution in [0.15, 0.2) is 18.3 Å². The number of fused-ring (bicyclic) bond motifs is 1. The molecule has 1 aliphatic rings. The summed E-state index contributed by atoms with van der Waals surface area (Å²) in [6.45, 7) is 6.71. The number of aliphatic hydroxyl groups excluding tert-OH is 1. The first-order valence-electron chi connectivity index (χ1n) is 6.18. The van der Waals surface area contributed by atoms with Gasteiger partial charge in [-0.2, -0.15) is 0 Å². The summed E-state index contributed by atoms with van der Waals surface area (Å²) in [5, 5.41) is 9.51. The molecule has 1 aromatic rings. The average Bonchev–Trinajstić information content (AvgIpc) is 2.72. The number of hydrogen-bond donors (Lipinski definition) is 1. The van der Waals surface area contributed by atoms with Crippen LogP contribution in [0.4, 0.5) is 4.79 Å². The molecule has 0 saturated heterocycles. The van der Waals surface area contributed by atoms with Crippen LogP contribution < -0.4 is 0 Å². The van der Waals surface area contributed by atoms with Crippen molar-refractivity contribution in [2.75, 3.05) is 13.2 Å². The van der Waals surface area contributed by atoms with Crippen LogP contribution in [0.3, 0.4) is 0 Å². The maximum atomic E-state index is 12.1. The van der Waals surface area contributed by atoms with E-state index in [1.807, 2.05) is 39.1 Å². The fourth-order valence-electron chi connectivity index (χ4n) is 2.20. The van der Waals surface area contributed by atoms with Gasteiger partial charge in [0.25, 0.3) is 0 Å². The van der Waals surface area contributed by atoms with Crippen molar-refractivity contribution < 1.29 is 14.6 Å². The summed E-state index contributed by atoms with van der Waals surface area (Å²) in [5.74, 6) is 0. The van der Waals surface area contributed by atoms with Crippen LogP contribution in [0, 0.1) is 0 Å². The SMILES string of the molecule is CC(C)(C)OC(=O)N1CCn2cccc2C1CO. The number of ether oxygens (including phenoxy) is 1. The fourth-order valence-corrected chi connectivity index (χ4v) is 2.20. The number of aliphatic hydroxyl groups is 1. The van der Waals surface area contributed by atoms with Crippen molar-refractivity contribution in [3.63, 3.8) is 0 Å². The monoisotopic (exact) mass is 252 g/mol. The Hall–Kier alpha value is -1.49. The molecule has 0 spiro atoms. The molecule has 0 saturated carbocycles. The molecule has 2 rings (SSSR count). The lowest BCUT2D eigenvalue weighted by molar-refractivity contribution is 0.00267. The number of rotatable bonds is 1. The first-order chi connectivity index (χ1) is 8.42. The van der Waals surface area contributed by atoms with Gasteiger partial charge in [0.1, 0.15) is 5.60 Å². The van der Waals surface area contributed by atoms with Gasteiger partial charge in [0.05, 0.1) is 12.6 Å². The van der Waals surface area contributed by atoms with Gasteiger partial charge >= 0.3 is 6.09 Å². The molecule has 1 unspecified atom stereocenters. The summed E-state index contributed by atoms with van der Waals surface area (Å²) in [7, 11) is 0. The Morgan fingerprint density at radius 3 is 2.83 bits per heavy atom. The molecule has 2 heterocycles. The van der Waals surface area contributed by atoms with E-state index in [9.17, 15) is 9.90 Å². The number of carbonyl (C=O) groups excluding carboxylic acids is 1. The third-order valence-electron chi connectivity index (χ3n) is 2.97. The minimum absolute atomic E-state index is 0.0940. The predicted octanol–water partition coefficient (Wildman–Crippen LogP) is 1.77. The third-order valence-corrected chi connectivity index (χ3v) is 2.97. The molecule has 1 aromatic heterocycles. The molecule has 0 aromatic carbocycles. The zero-order chi connectivity index (χ0) is 13.3. The Morgan fingerprint density at radius 2 is 2.22 bits per heavy atom. The molecule has 0 aliphatic carbocycles. The largest absolute Gasteiger partial charge is 0.444 e. The van der Waals surface area contributed by atoms with E-state index in [1.54, 1.807) is 4.90 Å². The van der Waals surface area contributed by atoms with E-state index >= 15 is 0 Å². The number of aromatic nitrogens is 1. The van der Waals surface area contributed by atoms with E-state index < -0.39 is 5.60 Å². The van der Waals surface area contributed by atoms with Crippen molar-refractivity contribution in [3.05, 3.63) is 24.0 Å². The Kier molecular flexibility index (Phi) is 3.34. The van der Waals surface area contributed by atoms with Crippen molar-refractivity contribution in [1.82, 2.24) is 9.47 Å². The van der Waals surface area contributed by atoms with Gasteiger partial charge in [0.15, 0.2) is 0 Å². The Balaban J connectivity index is 2.17. The maximum absolute atomic E-state index is 12.1. The Bertz CT molecular complexity index is 434. The normalized spacial score (nSPS) is 19.6. The van der Waals surface area contributed by atoms with E-state index in [0.29, 0.717) is 6.54 Å². The van der Waals surface area contributed by atoms with Crippen molar-refractivity contribution >= 4 is 6.09 Å². The lowest BCUT2D eigenvalue weighted by Gasteiger charge is -2.36. The van der Waals surface area contributed by atoms with E-state index in [1.165, 1.54) is 0 Å². The molecule has 1 aliphatic heterocycles. The molecule has 0 bridgehead atoms. The molecule has 0 radical (unpaired) electrons. The second kappa shape index (κ2) is 4.65. The molecule has 5 nitrogen and oxygen atoms in total. The second-order valence-corrected chi connectivity index (χ2v) is 5.50. The van der Waals surface area contributed by atoms with Crippen LogP contribution in [0.5, 0.6) is 0 Å². The minimum atomic E-state index is -0.517. The zero-order valence-electron chi connectivity index (χ0n) is 11.1. The lowest BCUT2D eigenvalue weighted by atomic mass is 10.1. The van der Waals surface area contributed by atoms with Gasteiger partial charge in [-0.25, -0.2) is 4.79 Å². The van der Waals surface area contributed by atoms with Crippen LogP contribution in [0.2, 0.25) is 0 Å². The quantitative estimate of drug-likeness (QED) is 0.828. The second-order valence-electron chi connectivity index (χ2n) is 5.50. The minimum Gasteiger partial charge on any atom is -0.444 e. The van der Waals surface area contributed by atoms with Crippen LogP contribution in [-0.4, -0.2) is 39.4 Å². The van der Waals surface area contributed by atoms with E-state index in [-0.39, 0.29) is 18.7 Å². The first-order valence-corrected chi connectivity index (χ1v) is 6.18. The third kappa shape index (κ3) is 2.51. The van der Waals surface area contributed by atoms with Crippen LogP contribution >= 0.6 is 0 Å². The summed E-state index contributed by atoms with van der Waals surface area (Å²) >= 11 is 0. The summed E-state index contributed by atoms with van der Waals surface area (Å²) in [6.07, 6.45) is 1.60. The standard InChI is InChI=1S/C13H20N2O3/c1-13(2,3)18-12(17)15-8-7-14-6-4-5-10(14)11(15)9-16/h4-6,11,16H,7-9H2,1-3H3. The molecule has 18 heavy (non-hydrogen) atoms. The lowest BCUT2D eigenvalue weighted by Crippen LogP contribution is -2.45. The molecular formula is C13H20N2O3. The van der Waals surface area contributed by atoms with E-state index in [4.69, 9.17) is 4.74 Å². The molecule has 100 valence electrons. The summed E-state index contributed by atoms with van der Waals surface area (Å²) in [6, 6.07) is 3.54. The van der Waals surface area contributed by atoms with Crippen LogP contribution in [-0.2, 0) is 11.3 Å². The Labute approximate surface area is 107 Å². The van der Waals surface area contributed by atoms with Gasteiger partial charge in [-0.15, -0.1) is 0 Å². The Morgan fingerprint density at radius 1 is 1.50 bits per heavy atom. The fraction of sp³-hybridized carbons (Fsp3) is 0.615. The van der Waals surface area contributed by atoms with Crippen molar-refractivity contribution in [3.8, 4) is 0 Å². The molecule has 1 amide bonds. The summed E-state index contributed by atoms with van der Waals surface area (Å²) < 4.78 is 7.42. The molecule has 0 fully saturated rings. The van der Waals surface area contributed by atoms with Crippen LogP contribution in [0.25, 0.3) is 0 Å². The zero-order valence-corrected chi connectivity index (χ0v) is 11.1. The average molecular weight is 252 g/mol. The highest BCUT2D eigenvalue weighted by Gasteiger charge is 2.33. The van der Waals surface area contributed by atoms with Gasteiger partial charge in [0, 0.05) is 25.0 Å². The van der Waals surface area contributed by atoms with Crippen molar-refractivity contribution in [2.45, 2.75) is 39.0 Å². The maximum Gasteiger partial charge on any atom is 0.410 e. The van der Waals surface area contributed by atoms with Crippen molar-refractivity contribution in [1.29, 1.82) is 0 Å².